The predicted octanol–water partition coefficient (Wildman–Crippen LogP) is 3.66. The van der Waals surface area contributed by atoms with E-state index < -0.39 is 0 Å². The number of aryl methyl sites for hydroxylation is 1. The maximum atomic E-state index is 13.2. The van der Waals surface area contributed by atoms with Crippen LogP contribution in [0.3, 0.4) is 0 Å². The molecule has 0 spiro atoms. The second kappa shape index (κ2) is 5.25. The molecule has 1 N–H and O–H groups in total. The molecule has 0 radical (unpaired) electrons. The topological polar surface area (TPSA) is 24.9 Å². The molecule has 0 saturated carbocycles. The molecule has 2 aromatic rings. The zero-order valence-electron chi connectivity index (χ0n) is 9.50. The van der Waals surface area contributed by atoms with Crippen molar-refractivity contribution in [1.82, 2.24) is 10.3 Å². The molecule has 0 aliphatic carbocycles. The summed E-state index contributed by atoms with van der Waals surface area (Å²) in [6, 6.07) is 5.03. The first kappa shape index (κ1) is 12.7. The standard InChI is InChI=1S/C12H12BrFN2S/c1-7-6-17-12(16-7)11(15-2)8-3-4-10(14)9(13)5-8/h3-6,11,15H,1-2H3. The summed E-state index contributed by atoms with van der Waals surface area (Å²) in [5.74, 6) is -0.251. The van der Waals surface area contributed by atoms with Crippen molar-refractivity contribution in [2.75, 3.05) is 7.05 Å². The Morgan fingerprint density at radius 1 is 1.47 bits per heavy atom. The second-order valence-electron chi connectivity index (χ2n) is 3.72. The zero-order valence-corrected chi connectivity index (χ0v) is 11.9. The van der Waals surface area contributed by atoms with Gasteiger partial charge in [-0.15, -0.1) is 11.3 Å². The van der Waals surface area contributed by atoms with Crippen LogP contribution in [-0.2, 0) is 0 Å². The highest BCUT2D eigenvalue weighted by Crippen LogP contribution is 2.27. The van der Waals surface area contributed by atoms with Crippen LogP contribution in [0.1, 0.15) is 22.3 Å². The number of thiazole rings is 1. The number of hydrogen-bond donors (Lipinski definition) is 1. The van der Waals surface area contributed by atoms with Gasteiger partial charge in [-0.05, 0) is 47.6 Å². The van der Waals surface area contributed by atoms with E-state index in [2.05, 4.69) is 26.2 Å². The molecule has 1 aromatic heterocycles. The maximum absolute atomic E-state index is 13.2. The Kier molecular flexibility index (Phi) is 3.91. The summed E-state index contributed by atoms with van der Waals surface area (Å²) in [4.78, 5) is 4.46. The molecular formula is C12H12BrFN2S. The Hall–Kier alpha value is -0.780. The average Bonchev–Trinajstić information content (AvgIpc) is 2.71. The van der Waals surface area contributed by atoms with Crippen LogP contribution in [0.5, 0.6) is 0 Å². The van der Waals surface area contributed by atoms with Crippen molar-refractivity contribution in [2.45, 2.75) is 13.0 Å². The van der Waals surface area contributed by atoms with Gasteiger partial charge in [-0.25, -0.2) is 9.37 Å². The van der Waals surface area contributed by atoms with Gasteiger partial charge in [-0.2, -0.15) is 0 Å². The molecule has 17 heavy (non-hydrogen) atoms. The molecule has 1 unspecified atom stereocenters. The van der Waals surface area contributed by atoms with Gasteiger partial charge in [-0.3, -0.25) is 0 Å². The van der Waals surface area contributed by atoms with Gasteiger partial charge in [0.05, 0.1) is 10.5 Å². The molecule has 2 nitrogen and oxygen atoms in total. The Balaban J connectivity index is 2.38. The summed E-state index contributed by atoms with van der Waals surface area (Å²) >= 11 is 4.81. The van der Waals surface area contributed by atoms with Gasteiger partial charge in [0.25, 0.3) is 0 Å². The number of nitrogens with one attached hydrogen (secondary N) is 1. The van der Waals surface area contributed by atoms with E-state index in [0.29, 0.717) is 4.47 Å². The predicted molar refractivity (Wildman–Crippen MR) is 71.9 cm³/mol. The van der Waals surface area contributed by atoms with Crippen LogP contribution in [0.2, 0.25) is 0 Å². The SMILES string of the molecule is CNC(c1ccc(F)c(Br)c1)c1nc(C)cs1. The summed E-state index contributed by atoms with van der Waals surface area (Å²) in [6.45, 7) is 1.97. The molecule has 1 heterocycles. The van der Waals surface area contributed by atoms with E-state index in [1.54, 1.807) is 23.5 Å². The third-order valence-corrected chi connectivity index (χ3v) is 4.08. The highest BCUT2D eigenvalue weighted by atomic mass is 79.9. The van der Waals surface area contributed by atoms with Gasteiger partial charge in [0, 0.05) is 11.1 Å². The highest BCUT2D eigenvalue weighted by molar-refractivity contribution is 9.10. The Morgan fingerprint density at radius 3 is 2.76 bits per heavy atom. The lowest BCUT2D eigenvalue weighted by Gasteiger charge is -2.14. The van der Waals surface area contributed by atoms with Crippen LogP contribution in [0.4, 0.5) is 4.39 Å². The van der Waals surface area contributed by atoms with Crippen molar-refractivity contribution < 1.29 is 4.39 Å². The molecule has 5 heteroatoms. The smallest absolute Gasteiger partial charge is 0.137 e. The number of benzene rings is 1. The van der Waals surface area contributed by atoms with Crippen molar-refractivity contribution in [1.29, 1.82) is 0 Å². The molecule has 0 aliphatic heterocycles. The molecule has 2 rings (SSSR count). The van der Waals surface area contributed by atoms with Crippen molar-refractivity contribution in [3.8, 4) is 0 Å². The van der Waals surface area contributed by atoms with Crippen LogP contribution >= 0.6 is 27.3 Å². The van der Waals surface area contributed by atoms with Crippen LogP contribution in [0, 0.1) is 12.7 Å². The molecule has 1 aromatic carbocycles. The Morgan fingerprint density at radius 2 is 2.24 bits per heavy atom. The monoisotopic (exact) mass is 314 g/mol. The van der Waals surface area contributed by atoms with E-state index in [1.807, 2.05) is 19.4 Å². The van der Waals surface area contributed by atoms with Gasteiger partial charge in [0.2, 0.25) is 0 Å². The minimum atomic E-state index is -0.251. The lowest BCUT2D eigenvalue weighted by Crippen LogP contribution is -2.17. The van der Waals surface area contributed by atoms with E-state index in [1.165, 1.54) is 6.07 Å². The third kappa shape index (κ3) is 2.73. The van der Waals surface area contributed by atoms with Crippen molar-refractivity contribution >= 4 is 27.3 Å². The van der Waals surface area contributed by atoms with Gasteiger partial charge >= 0.3 is 0 Å². The lowest BCUT2D eigenvalue weighted by molar-refractivity contribution is 0.616. The molecule has 0 fully saturated rings. The van der Waals surface area contributed by atoms with Crippen LogP contribution in [0.15, 0.2) is 28.1 Å². The number of halogens is 2. The first-order valence-electron chi connectivity index (χ1n) is 5.16. The van der Waals surface area contributed by atoms with Gasteiger partial charge in [0.1, 0.15) is 10.8 Å². The second-order valence-corrected chi connectivity index (χ2v) is 5.47. The van der Waals surface area contributed by atoms with Crippen molar-refractivity contribution in [3.05, 3.63) is 50.1 Å². The molecule has 0 aliphatic rings. The molecule has 1 atom stereocenters. The van der Waals surface area contributed by atoms with E-state index in [-0.39, 0.29) is 11.9 Å². The minimum Gasteiger partial charge on any atom is -0.307 e. The van der Waals surface area contributed by atoms with E-state index >= 15 is 0 Å². The van der Waals surface area contributed by atoms with Crippen LogP contribution in [-0.4, -0.2) is 12.0 Å². The van der Waals surface area contributed by atoms with E-state index in [9.17, 15) is 4.39 Å². The van der Waals surface area contributed by atoms with Crippen molar-refractivity contribution in [2.24, 2.45) is 0 Å². The van der Waals surface area contributed by atoms with E-state index in [0.717, 1.165) is 16.3 Å². The summed E-state index contributed by atoms with van der Waals surface area (Å²) in [6.07, 6.45) is 0. The highest BCUT2D eigenvalue weighted by Gasteiger charge is 2.16. The van der Waals surface area contributed by atoms with Gasteiger partial charge in [-0.1, -0.05) is 6.07 Å². The zero-order chi connectivity index (χ0) is 12.4. The minimum absolute atomic E-state index is 0.00519. The maximum Gasteiger partial charge on any atom is 0.137 e. The summed E-state index contributed by atoms with van der Waals surface area (Å²) in [7, 11) is 1.87. The number of hydrogen-bond acceptors (Lipinski definition) is 3. The van der Waals surface area contributed by atoms with Crippen LogP contribution in [0.25, 0.3) is 0 Å². The quantitative estimate of drug-likeness (QED) is 0.935. The Bertz CT molecular complexity index is 527. The number of rotatable bonds is 3. The normalized spacial score (nSPS) is 12.7. The summed E-state index contributed by atoms with van der Waals surface area (Å²) in [5, 5.41) is 6.20. The summed E-state index contributed by atoms with van der Waals surface area (Å²) in [5.41, 5.74) is 2.00. The molecule has 0 saturated heterocycles. The lowest BCUT2D eigenvalue weighted by atomic mass is 10.1. The first-order valence-corrected chi connectivity index (χ1v) is 6.83. The Labute approximate surface area is 112 Å². The van der Waals surface area contributed by atoms with E-state index in [4.69, 9.17) is 0 Å². The largest absolute Gasteiger partial charge is 0.307 e. The van der Waals surface area contributed by atoms with Gasteiger partial charge < -0.3 is 5.32 Å². The summed E-state index contributed by atoms with van der Waals surface area (Å²) < 4.78 is 13.7. The van der Waals surface area contributed by atoms with Crippen molar-refractivity contribution in [3.63, 3.8) is 0 Å². The van der Waals surface area contributed by atoms with Gasteiger partial charge in [0.15, 0.2) is 0 Å². The fourth-order valence-electron chi connectivity index (χ4n) is 1.63. The fraction of sp³-hybridized carbons (Fsp3) is 0.250. The molecule has 0 bridgehead atoms. The molecular weight excluding hydrogens is 303 g/mol. The fourth-order valence-corrected chi connectivity index (χ4v) is 2.96. The number of nitrogens with zero attached hydrogens (tertiary/aromatic N) is 1. The first-order chi connectivity index (χ1) is 8.11. The number of aromatic nitrogens is 1. The average molecular weight is 315 g/mol. The molecule has 0 amide bonds. The molecule has 90 valence electrons. The third-order valence-electron chi connectivity index (χ3n) is 2.45. The van der Waals surface area contributed by atoms with Crippen LogP contribution < -0.4 is 5.32 Å².